The monoisotopic (exact) mass is 271 g/mol. The number of hydrogen-bond acceptors (Lipinski definition) is 3. The molecule has 0 radical (unpaired) electrons. The van der Waals surface area contributed by atoms with Gasteiger partial charge in [-0.3, -0.25) is 0 Å². The van der Waals surface area contributed by atoms with Gasteiger partial charge in [-0.2, -0.15) is 0 Å². The highest BCUT2D eigenvalue weighted by Gasteiger charge is 2.08. The Labute approximate surface area is 117 Å². The van der Waals surface area contributed by atoms with Gasteiger partial charge in [0.05, 0.1) is 11.8 Å². The van der Waals surface area contributed by atoms with Crippen LogP contribution in [0.5, 0.6) is 5.75 Å². The van der Waals surface area contributed by atoms with E-state index in [1.54, 1.807) is 0 Å². The van der Waals surface area contributed by atoms with E-state index in [0.717, 1.165) is 22.5 Å². The van der Waals surface area contributed by atoms with Gasteiger partial charge in [0.1, 0.15) is 11.3 Å². The highest BCUT2D eigenvalue weighted by molar-refractivity contribution is 5.90. The fraction of sp³-hybridized carbons (Fsp3) is 0.250. The number of para-hydroxylation sites is 1. The lowest BCUT2D eigenvalue weighted by atomic mass is 10.1. The van der Waals surface area contributed by atoms with Crippen LogP contribution in [0.2, 0.25) is 0 Å². The van der Waals surface area contributed by atoms with E-state index in [4.69, 9.17) is 9.84 Å². The third-order valence-corrected chi connectivity index (χ3v) is 2.79. The van der Waals surface area contributed by atoms with Crippen LogP contribution in [0, 0.1) is 6.92 Å². The topological polar surface area (TPSA) is 59.4 Å². The number of nitrogens with zero attached hydrogens (tertiary/aromatic N) is 1. The summed E-state index contributed by atoms with van der Waals surface area (Å²) in [6.07, 6.45) is 2.63. The Balaban J connectivity index is 2.57. The minimum absolute atomic E-state index is 0.0564. The number of benzene rings is 1. The molecule has 0 spiro atoms. The van der Waals surface area contributed by atoms with E-state index in [0.29, 0.717) is 11.4 Å². The molecule has 0 saturated carbocycles. The van der Waals surface area contributed by atoms with Crippen LogP contribution < -0.4 is 4.74 Å². The van der Waals surface area contributed by atoms with Crippen molar-refractivity contribution in [3.63, 3.8) is 0 Å². The predicted octanol–water partition coefficient (Wildman–Crippen LogP) is 3.43. The average molecular weight is 271 g/mol. The van der Waals surface area contributed by atoms with Gasteiger partial charge in [-0.1, -0.05) is 12.1 Å². The first-order valence-corrected chi connectivity index (χ1v) is 6.45. The molecule has 4 heteroatoms. The Hall–Kier alpha value is -2.36. The zero-order valence-corrected chi connectivity index (χ0v) is 11.8. The maximum absolute atomic E-state index is 10.6. The molecule has 1 heterocycles. The predicted molar refractivity (Wildman–Crippen MR) is 78.9 cm³/mol. The molecule has 20 heavy (non-hydrogen) atoms. The van der Waals surface area contributed by atoms with Crippen LogP contribution >= 0.6 is 0 Å². The van der Waals surface area contributed by atoms with Gasteiger partial charge < -0.3 is 9.84 Å². The number of carboxylic acids is 1. The van der Waals surface area contributed by atoms with Crippen LogP contribution in [0.1, 0.15) is 25.1 Å². The van der Waals surface area contributed by atoms with Crippen molar-refractivity contribution in [2.24, 2.45) is 0 Å². The largest absolute Gasteiger partial charge is 0.489 e. The highest BCUT2D eigenvalue weighted by Crippen LogP contribution is 2.27. The van der Waals surface area contributed by atoms with Crippen molar-refractivity contribution in [1.29, 1.82) is 0 Å². The van der Waals surface area contributed by atoms with E-state index in [-0.39, 0.29) is 6.10 Å². The second-order valence-corrected chi connectivity index (χ2v) is 4.85. The zero-order valence-electron chi connectivity index (χ0n) is 11.8. The molecule has 0 atom stereocenters. The molecule has 0 aliphatic heterocycles. The number of aryl methyl sites for hydroxylation is 1. The SMILES string of the molecule is Cc1cc(/C=C/C(=O)O)nc2c(OC(C)C)cccc12. The molecule has 0 bridgehead atoms. The Morgan fingerprint density at radius 1 is 1.40 bits per heavy atom. The van der Waals surface area contributed by atoms with Crippen molar-refractivity contribution in [1.82, 2.24) is 4.98 Å². The number of hydrogen-bond donors (Lipinski definition) is 1. The zero-order chi connectivity index (χ0) is 14.7. The first-order chi connectivity index (χ1) is 9.47. The van der Waals surface area contributed by atoms with Gasteiger partial charge in [-0.25, -0.2) is 9.78 Å². The van der Waals surface area contributed by atoms with Crippen LogP contribution in [0.4, 0.5) is 0 Å². The van der Waals surface area contributed by atoms with Crippen molar-refractivity contribution in [2.75, 3.05) is 0 Å². The molecule has 0 fully saturated rings. The average Bonchev–Trinajstić information content (AvgIpc) is 2.37. The minimum atomic E-state index is -0.990. The molecule has 4 nitrogen and oxygen atoms in total. The summed E-state index contributed by atoms with van der Waals surface area (Å²) in [6, 6.07) is 7.65. The summed E-state index contributed by atoms with van der Waals surface area (Å²) >= 11 is 0. The van der Waals surface area contributed by atoms with Crippen LogP contribution in [0.15, 0.2) is 30.3 Å². The summed E-state index contributed by atoms with van der Waals surface area (Å²) in [6.45, 7) is 5.89. The third kappa shape index (κ3) is 3.15. The molecular weight excluding hydrogens is 254 g/mol. The summed E-state index contributed by atoms with van der Waals surface area (Å²) < 4.78 is 5.76. The number of ether oxygens (including phenoxy) is 1. The Kier molecular flexibility index (Phi) is 4.03. The first kappa shape index (κ1) is 14.1. The third-order valence-electron chi connectivity index (χ3n) is 2.79. The summed E-state index contributed by atoms with van der Waals surface area (Å²) in [5.74, 6) is -0.276. The van der Waals surface area contributed by atoms with Gasteiger partial charge >= 0.3 is 5.97 Å². The number of pyridine rings is 1. The highest BCUT2D eigenvalue weighted by atomic mass is 16.5. The fourth-order valence-corrected chi connectivity index (χ4v) is 2.01. The number of carbonyl (C=O) groups is 1. The van der Waals surface area contributed by atoms with Crippen molar-refractivity contribution >= 4 is 22.9 Å². The quantitative estimate of drug-likeness (QED) is 0.865. The summed E-state index contributed by atoms with van der Waals surface area (Å²) in [5.41, 5.74) is 2.40. The molecule has 1 N–H and O–H groups in total. The molecule has 0 amide bonds. The lowest BCUT2D eigenvalue weighted by Gasteiger charge is -2.13. The molecule has 0 unspecified atom stereocenters. The molecule has 104 valence electrons. The van der Waals surface area contributed by atoms with Gasteiger partial charge in [-0.05, 0) is 44.5 Å². The molecule has 0 aliphatic carbocycles. The molecule has 0 aliphatic rings. The summed E-state index contributed by atoms with van der Waals surface area (Å²) in [5, 5.41) is 9.70. The van der Waals surface area contributed by atoms with Gasteiger partial charge in [0.2, 0.25) is 0 Å². The molecule has 1 aromatic carbocycles. The molecule has 1 aromatic heterocycles. The number of carboxylic acid groups (broad SMARTS) is 1. The Morgan fingerprint density at radius 3 is 2.80 bits per heavy atom. The van der Waals surface area contributed by atoms with E-state index >= 15 is 0 Å². The molecular formula is C16H17NO3. The standard InChI is InChI=1S/C16H17NO3/c1-10(2)20-14-6-4-5-13-11(3)9-12(17-16(13)14)7-8-15(18)19/h4-10H,1-3H3,(H,18,19)/b8-7+. The Morgan fingerprint density at radius 2 is 2.15 bits per heavy atom. The van der Waals surface area contributed by atoms with Gasteiger partial charge in [0.25, 0.3) is 0 Å². The maximum Gasteiger partial charge on any atom is 0.328 e. The van der Waals surface area contributed by atoms with Crippen LogP contribution in [0.25, 0.3) is 17.0 Å². The van der Waals surface area contributed by atoms with E-state index in [9.17, 15) is 4.79 Å². The second-order valence-electron chi connectivity index (χ2n) is 4.85. The van der Waals surface area contributed by atoms with Crippen LogP contribution in [-0.4, -0.2) is 22.2 Å². The van der Waals surface area contributed by atoms with Crippen LogP contribution in [0.3, 0.4) is 0 Å². The normalized spacial score (nSPS) is 11.4. The molecule has 2 rings (SSSR count). The van der Waals surface area contributed by atoms with Crippen molar-refractivity contribution in [3.8, 4) is 5.75 Å². The van der Waals surface area contributed by atoms with E-state index in [1.807, 2.05) is 45.0 Å². The van der Waals surface area contributed by atoms with E-state index in [2.05, 4.69) is 4.98 Å². The van der Waals surface area contributed by atoms with Gasteiger partial charge in [-0.15, -0.1) is 0 Å². The van der Waals surface area contributed by atoms with Gasteiger partial charge in [0, 0.05) is 11.5 Å². The second kappa shape index (κ2) is 5.74. The number of aliphatic carboxylic acids is 1. The Bertz CT molecular complexity index is 675. The fourth-order valence-electron chi connectivity index (χ4n) is 2.01. The number of aromatic nitrogens is 1. The lowest BCUT2D eigenvalue weighted by molar-refractivity contribution is -0.131. The maximum atomic E-state index is 10.6. The summed E-state index contributed by atoms with van der Waals surface area (Å²) in [7, 11) is 0. The minimum Gasteiger partial charge on any atom is -0.489 e. The summed E-state index contributed by atoms with van der Waals surface area (Å²) in [4.78, 5) is 15.1. The van der Waals surface area contributed by atoms with E-state index < -0.39 is 5.97 Å². The lowest BCUT2D eigenvalue weighted by Crippen LogP contribution is -2.06. The van der Waals surface area contributed by atoms with Crippen molar-refractivity contribution < 1.29 is 14.6 Å². The van der Waals surface area contributed by atoms with E-state index in [1.165, 1.54) is 6.08 Å². The smallest absolute Gasteiger partial charge is 0.328 e. The van der Waals surface area contributed by atoms with Crippen molar-refractivity contribution in [2.45, 2.75) is 26.9 Å². The number of fused-ring (bicyclic) bond motifs is 1. The van der Waals surface area contributed by atoms with Gasteiger partial charge in [0.15, 0.2) is 0 Å². The molecule has 0 saturated heterocycles. The first-order valence-electron chi connectivity index (χ1n) is 6.45. The van der Waals surface area contributed by atoms with Crippen molar-refractivity contribution in [3.05, 3.63) is 41.6 Å². The molecule has 2 aromatic rings. The number of rotatable bonds is 4. The van der Waals surface area contributed by atoms with Crippen LogP contribution in [-0.2, 0) is 4.79 Å².